The van der Waals surface area contributed by atoms with Crippen LogP contribution in [0.15, 0.2) is 67.0 Å². The molecule has 2 aromatic heterocycles. The first-order chi connectivity index (χ1) is 11.7. The number of aromatic nitrogens is 3. The molecule has 0 unspecified atom stereocenters. The number of aromatic hydroxyl groups is 1. The maximum absolute atomic E-state index is 10.5. The van der Waals surface area contributed by atoms with Crippen molar-refractivity contribution in [3.8, 4) is 17.1 Å². The summed E-state index contributed by atoms with van der Waals surface area (Å²) in [5.74, 6) is 0.171. The van der Waals surface area contributed by atoms with Crippen molar-refractivity contribution >= 4 is 5.65 Å². The van der Waals surface area contributed by atoms with Gasteiger partial charge in [0.15, 0.2) is 5.65 Å². The van der Waals surface area contributed by atoms with E-state index >= 15 is 0 Å². The lowest BCUT2D eigenvalue weighted by Gasteiger charge is -2.02. The fraction of sp³-hybridized carbons (Fsp3) is 0.100. The third-order valence-electron chi connectivity index (χ3n) is 4.11. The molecule has 2 aromatic carbocycles. The van der Waals surface area contributed by atoms with Crippen molar-refractivity contribution in [2.75, 3.05) is 0 Å². The quantitative estimate of drug-likeness (QED) is 0.621. The van der Waals surface area contributed by atoms with Crippen molar-refractivity contribution in [3.05, 3.63) is 83.8 Å². The molecule has 1 N–H and O–H groups in total. The fourth-order valence-corrected chi connectivity index (χ4v) is 2.77. The lowest BCUT2D eigenvalue weighted by Crippen LogP contribution is -1.90. The van der Waals surface area contributed by atoms with Crippen LogP contribution in [0.4, 0.5) is 0 Å². The van der Waals surface area contributed by atoms with Crippen LogP contribution in [0.5, 0.6) is 5.88 Å². The Balaban J connectivity index is 1.73. The summed E-state index contributed by atoms with van der Waals surface area (Å²) in [7, 11) is 0. The average Bonchev–Trinajstić information content (AvgIpc) is 2.93. The maximum Gasteiger partial charge on any atom is 0.219 e. The Morgan fingerprint density at radius 1 is 1.00 bits per heavy atom. The summed E-state index contributed by atoms with van der Waals surface area (Å²) >= 11 is 0. The molecule has 0 amide bonds. The van der Waals surface area contributed by atoms with E-state index in [4.69, 9.17) is 0 Å². The van der Waals surface area contributed by atoms with Crippen LogP contribution in [0, 0.1) is 6.92 Å². The van der Waals surface area contributed by atoms with Crippen LogP contribution in [0.2, 0.25) is 0 Å². The number of nitrogens with zero attached hydrogens (tertiary/aromatic N) is 3. The normalized spacial score (nSPS) is 11.0. The number of hydrogen-bond donors (Lipinski definition) is 1. The van der Waals surface area contributed by atoms with Crippen molar-refractivity contribution in [1.82, 2.24) is 14.4 Å². The molecule has 2 heterocycles. The molecule has 4 aromatic rings. The molecular weight excluding hydrogens is 298 g/mol. The van der Waals surface area contributed by atoms with Crippen molar-refractivity contribution in [2.45, 2.75) is 13.3 Å². The van der Waals surface area contributed by atoms with Gasteiger partial charge in [0.25, 0.3) is 0 Å². The molecule has 4 heteroatoms. The number of benzene rings is 2. The molecule has 4 rings (SSSR count). The molecule has 0 fully saturated rings. The maximum atomic E-state index is 10.5. The van der Waals surface area contributed by atoms with Gasteiger partial charge in [-0.15, -0.1) is 0 Å². The van der Waals surface area contributed by atoms with Gasteiger partial charge in [0.2, 0.25) is 5.88 Å². The summed E-state index contributed by atoms with van der Waals surface area (Å²) in [6, 6.07) is 18.2. The summed E-state index contributed by atoms with van der Waals surface area (Å²) in [5, 5.41) is 10.5. The highest BCUT2D eigenvalue weighted by molar-refractivity contribution is 5.60. The van der Waals surface area contributed by atoms with Crippen LogP contribution in [-0.2, 0) is 6.42 Å². The molecule has 0 spiro atoms. The van der Waals surface area contributed by atoms with Crippen molar-refractivity contribution in [1.29, 1.82) is 0 Å². The van der Waals surface area contributed by atoms with Crippen molar-refractivity contribution in [3.63, 3.8) is 0 Å². The minimum absolute atomic E-state index is 0.171. The molecule has 0 saturated carbocycles. The first kappa shape index (κ1) is 14.5. The zero-order chi connectivity index (χ0) is 16.5. The van der Waals surface area contributed by atoms with Crippen molar-refractivity contribution < 1.29 is 5.11 Å². The Kier molecular flexibility index (Phi) is 3.50. The molecule has 0 atom stereocenters. The third kappa shape index (κ3) is 2.63. The zero-order valence-corrected chi connectivity index (χ0v) is 13.3. The largest absolute Gasteiger partial charge is 0.493 e. The molecular formula is C20H17N3O. The van der Waals surface area contributed by atoms with Gasteiger partial charge in [-0.25, -0.2) is 4.98 Å². The topological polar surface area (TPSA) is 50.4 Å². The number of hydrogen-bond acceptors (Lipinski definition) is 3. The first-order valence-corrected chi connectivity index (χ1v) is 7.87. The van der Waals surface area contributed by atoms with E-state index in [1.807, 2.05) is 36.5 Å². The number of fused-ring (bicyclic) bond motifs is 1. The summed E-state index contributed by atoms with van der Waals surface area (Å²) < 4.78 is 1.69. The van der Waals surface area contributed by atoms with E-state index in [0.29, 0.717) is 17.8 Å². The summed E-state index contributed by atoms with van der Waals surface area (Å²) in [5.41, 5.74) is 5.45. The molecule has 4 nitrogen and oxygen atoms in total. The summed E-state index contributed by atoms with van der Waals surface area (Å²) in [6.07, 6.45) is 4.11. The molecule has 0 saturated heterocycles. The zero-order valence-electron chi connectivity index (χ0n) is 13.3. The van der Waals surface area contributed by atoms with Gasteiger partial charge in [0.1, 0.15) is 5.69 Å². The minimum Gasteiger partial charge on any atom is -0.493 e. The van der Waals surface area contributed by atoms with Gasteiger partial charge in [0, 0.05) is 18.2 Å². The lowest BCUT2D eigenvalue weighted by atomic mass is 10.1. The monoisotopic (exact) mass is 315 g/mol. The second-order valence-electron chi connectivity index (χ2n) is 5.91. The Morgan fingerprint density at radius 3 is 2.50 bits per heavy atom. The van der Waals surface area contributed by atoms with Crippen LogP contribution in [0.25, 0.3) is 16.9 Å². The predicted molar refractivity (Wildman–Crippen MR) is 94.1 cm³/mol. The highest BCUT2D eigenvalue weighted by Gasteiger charge is 2.13. The predicted octanol–water partition coefficient (Wildman–Crippen LogP) is 4.00. The number of imidazole rings is 1. The van der Waals surface area contributed by atoms with Gasteiger partial charge in [-0.2, -0.15) is 0 Å². The van der Waals surface area contributed by atoms with E-state index < -0.39 is 0 Å². The van der Waals surface area contributed by atoms with E-state index in [1.165, 1.54) is 5.56 Å². The van der Waals surface area contributed by atoms with Gasteiger partial charge in [-0.1, -0.05) is 60.2 Å². The minimum atomic E-state index is 0.171. The van der Waals surface area contributed by atoms with Crippen LogP contribution in [0.1, 0.15) is 16.8 Å². The molecule has 0 bridgehead atoms. The Labute approximate surface area is 140 Å². The average molecular weight is 315 g/mol. The molecule has 0 aliphatic rings. The number of aryl methyl sites for hydroxylation is 1. The summed E-state index contributed by atoms with van der Waals surface area (Å²) in [4.78, 5) is 8.97. The molecule has 118 valence electrons. The SMILES string of the molecule is Cc1ccc(Cc2nc3cnc(-c4ccccc4)cn3c2O)cc1. The fourth-order valence-electron chi connectivity index (χ4n) is 2.77. The van der Waals surface area contributed by atoms with Crippen LogP contribution in [0.3, 0.4) is 0 Å². The van der Waals surface area contributed by atoms with Crippen molar-refractivity contribution in [2.24, 2.45) is 0 Å². The smallest absolute Gasteiger partial charge is 0.219 e. The van der Waals surface area contributed by atoms with Gasteiger partial charge in [0.05, 0.1) is 11.9 Å². The highest BCUT2D eigenvalue weighted by Crippen LogP contribution is 2.24. The Bertz CT molecular complexity index is 989. The lowest BCUT2D eigenvalue weighted by molar-refractivity contribution is 0.442. The van der Waals surface area contributed by atoms with E-state index in [1.54, 1.807) is 10.6 Å². The van der Waals surface area contributed by atoms with E-state index in [-0.39, 0.29) is 5.88 Å². The van der Waals surface area contributed by atoms with Crippen LogP contribution >= 0.6 is 0 Å². The van der Waals surface area contributed by atoms with E-state index in [9.17, 15) is 5.11 Å². The van der Waals surface area contributed by atoms with Crippen LogP contribution in [-0.4, -0.2) is 19.5 Å². The number of rotatable bonds is 3. The van der Waals surface area contributed by atoms with Gasteiger partial charge >= 0.3 is 0 Å². The second kappa shape index (κ2) is 5.81. The first-order valence-electron chi connectivity index (χ1n) is 7.87. The van der Waals surface area contributed by atoms with Crippen LogP contribution < -0.4 is 0 Å². The summed E-state index contributed by atoms with van der Waals surface area (Å²) in [6.45, 7) is 2.06. The highest BCUT2D eigenvalue weighted by atomic mass is 16.3. The third-order valence-corrected chi connectivity index (χ3v) is 4.11. The molecule has 24 heavy (non-hydrogen) atoms. The van der Waals surface area contributed by atoms with Gasteiger partial charge in [-0.3, -0.25) is 9.38 Å². The van der Waals surface area contributed by atoms with E-state index in [2.05, 4.69) is 41.2 Å². The standard InChI is InChI=1S/C20H17N3O/c1-14-7-9-15(10-8-14)11-17-20(24)23-13-18(21-12-19(23)22-17)16-5-3-2-4-6-16/h2-10,12-13,24H,11H2,1H3. The Hall–Kier alpha value is -3.14. The molecule has 0 aliphatic heterocycles. The Morgan fingerprint density at radius 2 is 1.75 bits per heavy atom. The molecule has 0 aliphatic carbocycles. The van der Waals surface area contributed by atoms with E-state index in [0.717, 1.165) is 16.8 Å². The van der Waals surface area contributed by atoms with Gasteiger partial charge < -0.3 is 5.11 Å². The molecule has 0 radical (unpaired) electrons. The second-order valence-corrected chi connectivity index (χ2v) is 5.91. The van der Waals surface area contributed by atoms with Gasteiger partial charge in [-0.05, 0) is 12.5 Å².